The molecule has 0 saturated heterocycles. The Morgan fingerprint density at radius 1 is 0.838 bits per heavy atom. The third kappa shape index (κ3) is 5.57. The van der Waals surface area contributed by atoms with Crippen molar-refractivity contribution in [2.45, 2.75) is 78.0 Å². The van der Waals surface area contributed by atoms with Crippen LogP contribution in [0.25, 0.3) is 0 Å². The van der Waals surface area contributed by atoms with Crippen LogP contribution in [0.5, 0.6) is 17.2 Å². The lowest BCUT2D eigenvalue weighted by Gasteiger charge is -2.30. The summed E-state index contributed by atoms with van der Waals surface area (Å²) in [6.07, 6.45) is 2.95. The molecule has 5 rings (SSSR count). The van der Waals surface area contributed by atoms with Crippen LogP contribution >= 0.6 is 0 Å². The van der Waals surface area contributed by atoms with Crippen LogP contribution in [0, 0.1) is 0 Å². The molecule has 3 aromatic rings. The lowest BCUT2D eigenvalue weighted by Crippen LogP contribution is -2.39. The first kappa shape index (κ1) is 25.5. The van der Waals surface area contributed by atoms with Crippen molar-refractivity contribution < 1.29 is 14.9 Å². The van der Waals surface area contributed by atoms with Crippen molar-refractivity contribution in [3.63, 3.8) is 0 Å². The van der Waals surface area contributed by atoms with Gasteiger partial charge in [0.1, 0.15) is 23.9 Å². The zero-order chi connectivity index (χ0) is 26.1. The van der Waals surface area contributed by atoms with Crippen LogP contribution in [0.15, 0.2) is 54.6 Å². The molecule has 2 N–H and O–H groups in total. The summed E-state index contributed by atoms with van der Waals surface area (Å²) in [4.78, 5) is 4.83. The Morgan fingerprint density at radius 3 is 2.32 bits per heavy atom. The van der Waals surface area contributed by atoms with E-state index in [1.54, 1.807) is 6.07 Å². The van der Waals surface area contributed by atoms with Gasteiger partial charge in [0.2, 0.25) is 0 Å². The third-order valence-corrected chi connectivity index (χ3v) is 8.06. The van der Waals surface area contributed by atoms with Gasteiger partial charge in [-0.3, -0.25) is 4.90 Å². The fourth-order valence-electron chi connectivity index (χ4n) is 6.17. The quantitative estimate of drug-likeness (QED) is 0.375. The van der Waals surface area contributed by atoms with Crippen molar-refractivity contribution >= 4 is 5.69 Å². The van der Waals surface area contributed by atoms with Gasteiger partial charge in [-0.25, -0.2) is 0 Å². The van der Waals surface area contributed by atoms with E-state index < -0.39 is 0 Å². The molecule has 1 unspecified atom stereocenters. The summed E-state index contributed by atoms with van der Waals surface area (Å²) >= 11 is 0. The molecule has 0 saturated carbocycles. The second-order valence-corrected chi connectivity index (χ2v) is 11.2. The van der Waals surface area contributed by atoms with Gasteiger partial charge in [0, 0.05) is 43.5 Å². The normalized spacial score (nSPS) is 16.9. The smallest absolute Gasteiger partial charge is 0.119 e. The van der Waals surface area contributed by atoms with E-state index in [1.807, 2.05) is 18.2 Å². The van der Waals surface area contributed by atoms with Gasteiger partial charge >= 0.3 is 0 Å². The zero-order valence-corrected chi connectivity index (χ0v) is 22.6. The fraction of sp³-hybridized carbons (Fsp3) is 0.438. The number of fused-ring (bicyclic) bond motifs is 2. The second kappa shape index (κ2) is 10.7. The molecule has 3 aromatic carbocycles. The van der Waals surface area contributed by atoms with Crippen LogP contribution < -0.4 is 9.64 Å². The summed E-state index contributed by atoms with van der Waals surface area (Å²) in [5.74, 6) is 1.97. The van der Waals surface area contributed by atoms with Gasteiger partial charge in [-0.1, -0.05) is 18.2 Å². The first-order valence-electron chi connectivity index (χ1n) is 13.7. The molecular weight excluding hydrogens is 460 g/mol. The molecule has 5 heteroatoms. The van der Waals surface area contributed by atoms with Crippen molar-refractivity contribution in [2.75, 3.05) is 18.1 Å². The number of rotatable bonds is 8. The first-order valence-corrected chi connectivity index (χ1v) is 13.7. The van der Waals surface area contributed by atoms with E-state index in [0.717, 1.165) is 50.3 Å². The van der Waals surface area contributed by atoms with Gasteiger partial charge in [0.15, 0.2) is 0 Å². The molecule has 5 nitrogen and oxygen atoms in total. The molecule has 1 atom stereocenters. The zero-order valence-electron chi connectivity index (χ0n) is 22.6. The lowest BCUT2D eigenvalue weighted by molar-refractivity contribution is 0.142. The third-order valence-electron chi connectivity index (χ3n) is 8.06. The summed E-state index contributed by atoms with van der Waals surface area (Å²) in [5, 5.41) is 20.3. The number of nitrogens with zero attached hydrogens (tertiary/aromatic N) is 2. The monoisotopic (exact) mass is 500 g/mol. The number of aryl methyl sites for hydroxylation is 1. The maximum Gasteiger partial charge on any atom is 0.119 e. The van der Waals surface area contributed by atoms with Crippen molar-refractivity contribution in [1.82, 2.24) is 4.90 Å². The average molecular weight is 501 g/mol. The van der Waals surface area contributed by atoms with Gasteiger partial charge in [0.05, 0.1) is 0 Å². The average Bonchev–Trinajstić information content (AvgIpc) is 3.29. The summed E-state index contributed by atoms with van der Waals surface area (Å²) < 4.78 is 6.16. The van der Waals surface area contributed by atoms with Crippen LogP contribution in [-0.2, 0) is 25.9 Å². The summed E-state index contributed by atoms with van der Waals surface area (Å²) in [6.45, 7) is 12.2. The standard InChI is InChI=1S/C32H40N2O3/c1-21(2)34(22(3)4)13-14-37-30-11-8-26-19-33(20-27(26)17-30)32-18-29(36)10-12-31(32)25-6-5-24-16-28(35)9-7-23(24)15-25/h7-12,16-18,21-22,25,35-36H,5-6,13-15,19-20H2,1-4H3. The Kier molecular flexibility index (Phi) is 7.34. The second-order valence-electron chi connectivity index (χ2n) is 11.2. The fourth-order valence-corrected chi connectivity index (χ4v) is 6.17. The molecule has 2 aliphatic rings. The van der Waals surface area contributed by atoms with E-state index in [0.29, 0.717) is 36.1 Å². The number of phenols is 2. The number of aromatic hydroxyl groups is 2. The maximum absolute atomic E-state index is 10.4. The minimum atomic E-state index is 0.305. The molecular formula is C32H40N2O3. The van der Waals surface area contributed by atoms with Gasteiger partial charge < -0.3 is 19.8 Å². The first-order chi connectivity index (χ1) is 17.8. The van der Waals surface area contributed by atoms with E-state index >= 15 is 0 Å². The number of ether oxygens (including phenoxy) is 1. The summed E-state index contributed by atoms with van der Waals surface area (Å²) in [6, 6.07) is 19.1. The SMILES string of the molecule is CC(C)N(CCOc1ccc2c(c1)CN(c1cc(O)ccc1C1CCc3cc(O)ccc3C1)C2)C(C)C. The summed E-state index contributed by atoms with van der Waals surface area (Å²) in [5.41, 5.74) is 7.59. The summed E-state index contributed by atoms with van der Waals surface area (Å²) in [7, 11) is 0. The minimum absolute atomic E-state index is 0.305. The Balaban J connectivity index is 1.30. The number of benzene rings is 3. The van der Waals surface area contributed by atoms with Gasteiger partial charge in [-0.05, 0) is 111 Å². The molecule has 0 bridgehead atoms. The molecule has 0 aromatic heterocycles. The van der Waals surface area contributed by atoms with Crippen molar-refractivity contribution in [3.05, 3.63) is 82.4 Å². The van der Waals surface area contributed by atoms with E-state index in [-0.39, 0.29) is 0 Å². The predicted molar refractivity (Wildman–Crippen MR) is 150 cm³/mol. The molecule has 196 valence electrons. The highest BCUT2D eigenvalue weighted by atomic mass is 16.5. The van der Waals surface area contributed by atoms with Crippen LogP contribution in [0.3, 0.4) is 0 Å². The Labute approximate surface area is 221 Å². The lowest BCUT2D eigenvalue weighted by atomic mass is 9.79. The van der Waals surface area contributed by atoms with Gasteiger partial charge in [0.25, 0.3) is 0 Å². The van der Waals surface area contributed by atoms with Crippen LogP contribution in [0.4, 0.5) is 5.69 Å². The minimum Gasteiger partial charge on any atom is -0.508 e. The number of anilines is 1. The van der Waals surface area contributed by atoms with E-state index in [4.69, 9.17) is 4.74 Å². The largest absolute Gasteiger partial charge is 0.508 e. The van der Waals surface area contributed by atoms with Crippen molar-refractivity contribution in [3.8, 4) is 17.2 Å². The number of phenolic OH excluding ortho intramolecular Hbond substituents is 2. The van der Waals surface area contributed by atoms with Crippen LogP contribution in [0.1, 0.15) is 67.9 Å². The van der Waals surface area contributed by atoms with E-state index in [1.165, 1.54) is 27.8 Å². The molecule has 1 aliphatic carbocycles. The molecule has 1 heterocycles. The molecule has 0 fully saturated rings. The molecule has 0 spiro atoms. The van der Waals surface area contributed by atoms with E-state index in [2.05, 4.69) is 67.8 Å². The van der Waals surface area contributed by atoms with Gasteiger partial charge in [-0.2, -0.15) is 0 Å². The van der Waals surface area contributed by atoms with Crippen LogP contribution in [0.2, 0.25) is 0 Å². The molecule has 37 heavy (non-hydrogen) atoms. The number of hydrogen-bond acceptors (Lipinski definition) is 5. The van der Waals surface area contributed by atoms with Crippen molar-refractivity contribution in [2.24, 2.45) is 0 Å². The highest BCUT2D eigenvalue weighted by Crippen LogP contribution is 2.42. The Morgan fingerprint density at radius 2 is 1.54 bits per heavy atom. The Hall–Kier alpha value is -3.18. The highest BCUT2D eigenvalue weighted by molar-refractivity contribution is 5.62. The van der Waals surface area contributed by atoms with Crippen molar-refractivity contribution in [1.29, 1.82) is 0 Å². The van der Waals surface area contributed by atoms with Gasteiger partial charge in [-0.15, -0.1) is 0 Å². The molecule has 1 aliphatic heterocycles. The molecule has 0 radical (unpaired) electrons. The molecule has 0 amide bonds. The Bertz CT molecular complexity index is 1240. The maximum atomic E-state index is 10.4. The topological polar surface area (TPSA) is 56.2 Å². The number of hydrogen-bond donors (Lipinski definition) is 2. The van der Waals surface area contributed by atoms with E-state index in [9.17, 15) is 10.2 Å². The predicted octanol–water partition coefficient (Wildman–Crippen LogP) is 6.39. The highest BCUT2D eigenvalue weighted by Gasteiger charge is 2.27. The van der Waals surface area contributed by atoms with Crippen LogP contribution in [-0.4, -0.2) is 40.3 Å².